The first-order valence-corrected chi connectivity index (χ1v) is 2.67. The van der Waals surface area contributed by atoms with Crippen LogP contribution < -0.4 is 0 Å². The minimum atomic E-state index is -1.27. The molecule has 4 heteroatoms. The van der Waals surface area contributed by atoms with Crippen molar-refractivity contribution in [1.29, 1.82) is 0 Å². The fraction of sp³-hybridized carbons (Fsp3) is 1.00. The number of hydrogen-bond donors (Lipinski definition) is 3. The van der Waals surface area contributed by atoms with Crippen LogP contribution in [0.15, 0.2) is 0 Å². The molecule has 1 atom stereocenters. The molecule has 8 heavy (non-hydrogen) atoms. The maximum atomic E-state index is 8.58. The molecule has 48 valence electrons. The van der Waals surface area contributed by atoms with Crippen LogP contribution in [0.1, 0.15) is 13.3 Å². The lowest BCUT2D eigenvalue weighted by Gasteiger charge is -2.00. The van der Waals surface area contributed by atoms with Gasteiger partial charge in [-0.3, -0.25) is 0 Å². The standard InChI is InChI=1S/C4H11BO3/c1-4(6)2-3-5(7)8/h4,6-8H,2-3H2,1H3. The summed E-state index contributed by atoms with van der Waals surface area (Å²) < 4.78 is 0. The molecule has 3 N–H and O–H groups in total. The van der Waals surface area contributed by atoms with Crippen LogP contribution >= 0.6 is 0 Å². The Morgan fingerprint density at radius 2 is 2.00 bits per heavy atom. The van der Waals surface area contributed by atoms with Gasteiger partial charge in [-0.05, 0) is 19.7 Å². The third-order valence-corrected chi connectivity index (χ3v) is 0.843. The predicted molar refractivity (Wildman–Crippen MR) is 31.3 cm³/mol. The zero-order valence-electron chi connectivity index (χ0n) is 4.91. The van der Waals surface area contributed by atoms with Gasteiger partial charge in [-0.2, -0.15) is 0 Å². The molecular formula is C4H11BO3. The molecule has 3 nitrogen and oxygen atoms in total. The van der Waals surface area contributed by atoms with Crippen molar-refractivity contribution in [2.75, 3.05) is 0 Å². The second-order valence-corrected chi connectivity index (χ2v) is 1.91. The highest BCUT2D eigenvalue weighted by Gasteiger charge is 2.06. The second-order valence-electron chi connectivity index (χ2n) is 1.91. The van der Waals surface area contributed by atoms with E-state index in [1.54, 1.807) is 6.92 Å². The summed E-state index contributed by atoms with van der Waals surface area (Å²) in [5.74, 6) is 0. The maximum absolute atomic E-state index is 8.58. The Kier molecular flexibility index (Phi) is 3.86. The Hall–Kier alpha value is -0.0551. The second kappa shape index (κ2) is 3.89. The molecular weight excluding hydrogens is 107 g/mol. The van der Waals surface area contributed by atoms with Gasteiger partial charge in [-0.25, -0.2) is 0 Å². The number of aliphatic hydroxyl groups is 1. The molecule has 0 rings (SSSR count). The van der Waals surface area contributed by atoms with Crippen molar-refractivity contribution < 1.29 is 15.2 Å². The van der Waals surface area contributed by atoms with Crippen LogP contribution in [0.3, 0.4) is 0 Å². The number of hydrogen-bond acceptors (Lipinski definition) is 3. The van der Waals surface area contributed by atoms with E-state index in [0.29, 0.717) is 6.42 Å². The first-order valence-electron chi connectivity index (χ1n) is 2.67. The highest BCUT2D eigenvalue weighted by Crippen LogP contribution is 1.96. The number of aliphatic hydroxyl groups excluding tert-OH is 1. The molecule has 0 saturated heterocycles. The highest BCUT2D eigenvalue weighted by molar-refractivity contribution is 6.40. The molecule has 0 radical (unpaired) electrons. The predicted octanol–water partition coefficient (Wildman–Crippen LogP) is -0.770. The summed E-state index contributed by atoms with van der Waals surface area (Å²) in [7, 11) is -1.27. The minimum absolute atomic E-state index is 0.248. The van der Waals surface area contributed by atoms with Gasteiger partial charge >= 0.3 is 7.12 Å². The van der Waals surface area contributed by atoms with E-state index >= 15 is 0 Å². The van der Waals surface area contributed by atoms with Gasteiger partial charge in [0.2, 0.25) is 0 Å². The molecule has 0 saturated carbocycles. The Balaban J connectivity index is 2.93. The zero-order valence-corrected chi connectivity index (χ0v) is 4.91. The van der Waals surface area contributed by atoms with E-state index in [1.807, 2.05) is 0 Å². The summed E-state index contributed by atoms with van der Waals surface area (Å²) in [6.45, 7) is 1.61. The van der Waals surface area contributed by atoms with E-state index in [-0.39, 0.29) is 6.32 Å². The topological polar surface area (TPSA) is 60.7 Å². The van der Waals surface area contributed by atoms with Gasteiger partial charge in [0.1, 0.15) is 0 Å². The molecule has 0 bridgehead atoms. The molecule has 0 aliphatic rings. The largest absolute Gasteiger partial charge is 0.451 e. The first kappa shape index (κ1) is 7.94. The lowest BCUT2D eigenvalue weighted by atomic mass is 9.83. The monoisotopic (exact) mass is 118 g/mol. The quantitative estimate of drug-likeness (QED) is 0.426. The van der Waals surface area contributed by atoms with E-state index in [4.69, 9.17) is 15.2 Å². The Morgan fingerprint density at radius 3 is 2.12 bits per heavy atom. The molecule has 0 aromatic rings. The summed E-state index contributed by atoms with van der Waals surface area (Å²) in [6.07, 6.45) is 0.256. The summed E-state index contributed by atoms with van der Waals surface area (Å²) in [5.41, 5.74) is 0. The van der Waals surface area contributed by atoms with Gasteiger partial charge in [0.25, 0.3) is 0 Å². The normalized spacial score (nSPS) is 13.5. The summed E-state index contributed by atoms with van der Waals surface area (Å²) >= 11 is 0. The maximum Gasteiger partial charge on any atom is 0.451 e. The minimum Gasteiger partial charge on any atom is -0.427 e. The van der Waals surface area contributed by atoms with Gasteiger partial charge in [0.05, 0.1) is 6.10 Å². The van der Waals surface area contributed by atoms with Crippen LogP contribution in [-0.2, 0) is 0 Å². The molecule has 1 unspecified atom stereocenters. The molecule has 0 aliphatic carbocycles. The van der Waals surface area contributed by atoms with E-state index in [1.165, 1.54) is 0 Å². The van der Waals surface area contributed by atoms with E-state index < -0.39 is 13.2 Å². The third kappa shape index (κ3) is 5.94. The van der Waals surface area contributed by atoms with Gasteiger partial charge in [-0.1, -0.05) is 0 Å². The summed E-state index contributed by atoms with van der Waals surface area (Å²) in [6, 6.07) is 0. The van der Waals surface area contributed by atoms with Crippen molar-refractivity contribution in [1.82, 2.24) is 0 Å². The van der Waals surface area contributed by atoms with Crippen LogP contribution in [0, 0.1) is 0 Å². The summed E-state index contributed by atoms with van der Waals surface area (Å²) in [4.78, 5) is 0. The third-order valence-electron chi connectivity index (χ3n) is 0.843. The van der Waals surface area contributed by atoms with Crippen molar-refractivity contribution in [3.63, 3.8) is 0 Å². The van der Waals surface area contributed by atoms with Crippen molar-refractivity contribution in [2.24, 2.45) is 0 Å². The Morgan fingerprint density at radius 1 is 1.50 bits per heavy atom. The van der Waals surface area contributed by atoms with Gasteiger partial charge in [0.15, 0.2) is 0 Å². The van der Waals surface area contributed by atoms with Crippen LogP contribution in [0.2, 0.25) is 6.32 Å². The van der Waals surface area contributed by atoms with Crippen LogP contribution in [0.5, 0.6) is 0 Å². The molecule has 0 aliphatic heterocycles. The van der Waals surface area contributed by atoms with Gasteiger partial charge < -0.3 is 15.2 Å². The zero-order chi connectivity index (χ0) is 6.57. The fourth-order valence-corrected chi connectivity index (χ4v) is 0.390. The van der Waals surface area contributed by atoms with Gasteiger partial charge in [-0.15, -0.1) is 0 Å². The molecule has 0 fully saturated rings. The van der Waals surface area contributed by atoms with E-state index in [9.17, 15) is 0 Å². The van der Waals surface area contributed by atoms with Crippen LogP contribution in [0.4, 0.5) is 0 Å². The van der Waals surface area contributed by atoms with Crippen molar-refractivity contribution in [3.8, 4) is 0 Å². The van der Waals surface area contributed by atoms with E-state index in [0.717, 1.165) is 0 Å². The van der Waals surface area contributed by atoms with Crippen molar-refractivity contribution in [2.45, 2.75) is 25.8 Å². The van der Waals surface area contributed by atoms with Gasteiger partial charge in [0, 0.05) is 0 Å². The lowest BCUT2D eigenvalue weighted by molar-refractivity contribution is 0.187. The van der Waals surface area contributed by atoms with E-state index in [2.05, 4.69) is 0 Å². The molecule has 0 aromatic heterocycles. The molecule has 0 amide bonds. The average molecular weight is 118 g/mol. The first-order chi connectivity index (χ1) is 3.63. The Bertz CT molecular complexity index is 47.2. The average Bonchev–Trinajstić information content (AvgIpc) is 1.61. The van der Waals surface area contributed by atoms with Crippen LogP contribution in [-0.4, -0.2) is 28.4 Å². The lowest BCUT2D eigenvalue weighted by Crippen LogP contribution is -2.13. The smallest absolute Gasteiger partial charge is 0.427 e. The van der Waals surface area contributed by atoms with Crippen molar-refractivity contribution >= 4 is 7.12 Å². The fourth-order valence-electron chi connectivity index (χ4n) is 0.390. The SMILES string of the molecule is CC(O)CCB(O)O. The molecule has 0 spiro atoms. The molecule has 0 aromatic carbocycles. The molecule has 0 heterocycles. The highest BCUT2D eigenvalue weighted by atomic mass is 16.4. The van der Waals surface area contributed by atoms with Crippen molar-refractivity contribution in [3.05, 3.63) is 0 Å². The summed E-state index contributed by atoms with van der Waals surface area (Å²) in [5, 5.41) is 25.1. The Labute approximate surface area is 49.1 Å². The van der Waals surface area contributed by atoms with Crippen LogP contribution in [0.25, 0.3) is 0 Å². The number of rotatable bonds is 3.